The van der Waals surface area contributed by atoms with Gasteiger partial charge in [0.1, 0.15) is 5.82 Å². The topological polar surface area (TPSA) is 51.5 Å². The van der Waals surface area contributed by atoms with Gasteiger partial charge in [-0.2, -0.15) is 0 Å². The van der Waals surface area contributed by atoms with Gasteiger partial charge >= 0.3 is 0 Å². The molecule has 0 aliphatic carbocycles. The Morgan fingerprint density at radius 3 is 2.47 bits per heavy atom. The van der Waals surface area contributed by atoms with Crippen molar-refractivity contribution >= 4 is 11.7 Å². The van der Waals surface area contributed by atoms with Gasteiger partial charge in [0.15, 0.2) is 5.78 Å². The summed E-state index contributed by atoms with van der Waals surface area (Å²) in [5.74, 6) is -0.0502. The largest absolute Gasteiger partial charge is 0.373 e. The Bertz CT molecular complexity index is 927. The molecule has 4 rings (SSSR count). The van der Waals surface area contributed by atoms with Crippen LogP contribution in [0.1, 0.15) is 71.1 Å². The van der Waals surface area contributed by atoms with E-state index in [4.69, 9.17) is 4.74 Å². The molecule has 30 heavy (non-hydrogen) atoms. The molecule has 0 spiro atoms. The van der Waals surface area contributed by atoms with E-state index < -0.39 is 0 Å². The number of aromatic nitrogens is 1. The van der Waals surface area contributed by atoms with Gasteiger partial charge in [0.05, 0.1) is 30.2 Å². The molecular formula is C24H29FN2O3. The lowest BCUT2D eigenvalue weighted by atomic mass is 9.84. The van der Waals surface area contributed by atoms with E-state index in [2.05, 4.69) is 13.8 Å². The molecule has 160 valence electrons. The van der Waals surface area contributed by atoms with Gasteiger partial charge in [-0.25, -0.2) is 4.39 Å². The third-order valence-corrected chi connectivity index (χ3v) is 6.32. The first kappa shape index (κ1) is 20.8. The van der Waals surface area contributed by atoms with Crippen molar-refractivity contribution in [3.8, 4) is 0 Å². The molecule has 3 heterocycles. The number of carbonyl (C=O) groups excluding carboxylic acids is 2. The predicted octanol–water partition coefficient (Wildman–Crippen LogP) is 4.41. The number of rotatable bonds is 6. The highest BCUT2D eigenvalue weighted by atomic mass is 19.1. The van der Waals surface area contributed by atoms with Crippen LogP contribution in [0.3, 0.4) is 0 Å². The van der Waals surface area contributed by atoms with Gasteiger partial charge in [-0.1, -0.05) is 26.0 Å². The molecule has 1 fully saturated rings. The number of carbonyl (C=O) groups is 2. The van der Waals surface area contributed by atoms with Gasteiger partial charge in [0.2, 0.25) is 0 Å². The van der Waals surface area contributed by atoms with Crippen LogP contribution in [0.2, 0.25) is 0 Å². The summed E-state index contributed by atoms with van der Waals surface area (Å²) < 4.78 is 20.9. The zero-order valence-electron chi connectivity index (χ0n) is 17.7. The molecule has 2 aromatic rings. The average Bonchev–Trinajstić information content (AvgIpc) is 3.40. The molecule has 1 atom stereocenters. The van der Waals surface area contributed by atoms with Crippen molar-refractivity contribution in [1.29, 1.82) is 0 Å². The molecule has 2 aliphatic heterocycles. The van der Waals surface area contributed by atoms with Gasteiger partial charge in [0.25, 0.3) is 5.91 Å². The minimum absolute atomic E-state index is 0.000237. The molecule has 1 amide bonds. The van der Waals surface area contributed by atoms with Crippen LogP contribution in [0.4, 0.5) is 4.39 Å². The molecule has 0 radical (unpaired) electrons. The third kappa shape index (κ3) is 4.06. The summed E-state index contributed by atoms with van der Waals surface area (Å²) in [5, 5.41) is 0. The Hall–Kier alpha value is -2.47. The van der Waals surface area contributed by atoms with Gasteiger partial charge in [0, 0.05) is 26.1 Å². The van der Waals surface area contributed by atoms with Crippen molar-refractivity contribution in [2.45, 2.75) is 52.2 Å². The molecule has 2 aliphatic rings. The second kappa shape index (κ2) is 8.72. The van der Waals surface area contributed by atoms with Crippen LogP contribution in [0.15, 0.2) is 30.3 Å². The number of fused-ring (bicyclic) bond motifs is 1. The fraction of sp³-hybridized carbons (Fsp3) is 0.500. The standard InChI is InChI=1S/C24H29FN2O3/c1-16(2)19(17-5-7-18(25)8-6-17)14-23(28)21-13-20(22-15-30-12-11-27(21)22)24(29)26-9-3-4-10-26/h5-8,13,16,19H,3-4,9-12,14-15H2,1-2H3/t19-/m1/s1. The van der Waals surface area contributed by atoms with E-state index >= 15 is 0 Å². The fourth-order valence-electron chi connectivity index (χ4n) is 4.58. The summed E-state index contributed by atoms with van der Waals surface area (Å²) in [6.45, 7) is 7.16. The minimum atomic E-state index is -0.279. The molecule has 1 aromatic carbocycles. The van der Waals surface area contributed by atoms with Crippen LogP contribution in [-0.4, -0.2) is 40.9 Å². The number of likely N-dealkylation sites (tertiary alicyclic amines) is 1. The number of amides is 1. The number of Topliss-reactive ketones (excluding diaryl/α,β-unsaturated/α-hetero) is 1. The van der Waals surface area contributed by atoms with E-state index in [0.717, 1.165) is 37.2 Å². The summed E-state index contributed by atoms with van der Waals surface area (Å²) in [5.41, 5.74) is 2.96. The number of halogens is 1. The molecule has 0 N–H and O–H groups in total. The molecule has 0 unspecified atom stereocenters. The van der Waals surface area contributed by atoms with E-state index in [-0.39, 0.29) is 29.3 Å². The smallest absolute Gasteiger partial charge is 0.255 e. The van der Waals surface area contributed by atoms with Crippen LogP contribution >= 0.6 is 0 Å². The number of hydrogen-bond donors (Lipinski definition) is 0. The first-order valence-corrected chi connectivity index (χ1v) is 10.8. The second-order valence-electron chi connectivity index (χ2n) is 8.62. The van der Waals surface area contributed by atoms with Crippen LogP contribution in [0.5, 0.6) is 0 Å². The number of ether oxygens (including phenoxy) is 1. The maximum atomic E-state index is 13.4. The Labute approximate surface area is 176 Å². The normalized spacial score (nSPS) is 17.3. The lowest BCUT2D eigenvalue weighted by Crippen LogP contribution is -2.29. The van der Waals surface area contributed by atoms with Gasteiger partial charge in [-0.3, -0.25) is 9.59 Å². The monoisotopic (exact) mass is 412 g/mol. The molecular weight excluding hydrogens is 383 g/mol. The van der Waals surface area contributed by atoms with E-state index in [1.54, 1.807) is 18.2 Å². The SMILES string of the molecule is CC(C)[C@@H](CC(=O)c1cc(C(=O)N2CCCC2)c2n1CCOC2)c1ccc(F)cc1. The van der Waals surface area contributed by atoms with E-state index in [1.807, 2.05) is 9.47 Å². The van der Waals surface area contributed by atoms with Crippen LogP contribution < -0.4 is 0 Å². The number of benzene rings is 1. The Morgan fingerprint density at radius 2 is 1.80 bits per heavy atom. The maximum Gasteiger partial charge on any atom is 0.255 e. The summed E-state index contributed by atoms with van der Waals surface area (Å²) in [6, 6.07) is 8.18. The Balaban J connectivity index is 1.63. The van der Waals surface area contributed by atoms with Crippen molar-refractivity contribution in [3.63, 3.8) is 0 Å². The van der Waals surface area contributed by atoms with Crippen LogP contribution in [-0.2, 0) is 17.9 Å². The highest BCUT2D eigenvalue weighted by Gasteiger charge is 2.30. The minimum Gasteiger partial charge on any atom is -0.373 e. The fourth-order valence-corrected chi connectivity index (χ4v) is 4.58. The van der Waals surface area contributed by atoms with Gasteiger partial charge in [-0.05, 0) is 48.4 Å². The van der Waals surface area contributed by atoms with E-state index in [1.165, 1.54) is 12.1 Å². The highest BCUT2D eigenvalue weighted by Crippen LogP contribution is 2.31. The highest BCUT2D eigenvalue weighted by molar-refractivity contribution is 6.01. The van der Waals surface area contributed by atoms with Crippen molar-refractivity contribution in [2.75, 3.05) is 19.7 Å². The average molecular weight is 413 g/mol. The van der Waals surface area contributed by atoms with Crippen molar-refractivity contribution < 1.29 is 18.7 Å². The number of hydrogen-bond acceptors (Lipinski definition) is 3. The third-order valence-electron chi connectivity index (χ3n) is 6.32. The lowest BCUT2D eigenvalue weighted by Gasteiger charge is -2.23. The summed E-state index contributed by atoms with van der Waals surface area (Å²) in [6.07, 6.45) is 2.38. The Kier molecular flexibility index (Phi) is 6.04. The molecule has 5 nitrogen and oxygen atoms in total. The van der Waals surface area contributed by atoms with Crippen molar-refractivity contribution in [2.24, 2.45) is 5.92 Å². The lowest BCUT2D eigenvalue weighted by molar-refractivity contribution is 0.0727. The second-order valence-corrected chi connectivity index (χ2v) is 8.62. The predicted molar refractivity (Wildman–Crippen MR) is 112 cm³/mol. The molecule has 1 saturated heterocycles. The summed E-state index contributed by atoms with van der Waals surface area (Å²) in [7, 11) is 0. The zero-order chi connectivity index (χ0) is 21.3. The van der Waals surface area contributed by atoms with Gasteiger partial charge < -0.3 is 14.2 Å². The molecule has 0 saturated carbocycles. The Morgan fingerprint density at radius 1 is 1.10 bits per heavy atom. The maximum absolute atomic E-state index is 13.4. The number of ketones is 1. The quantitative estimate of drug-likeness (QED) is 0.661. The zero-order valence-corrected chi connectivity index (χ0v) is 17.7. The summed E-state index contributed by atoms with van der Waals surface area (Å²) in [4.78, 5) is 28.3. The first-order chi connectivity index (χ1) is 14.5. The molecule has 6 heteroatoms. The molecule has 0 bridgehead atoms. The summed E-state index contributed by atoms with van der Waals surface area (Å²) >= 11 is 0. The van der Waals surface area contributed by atoms with Gasteiger partial charge in [-0.15, -0.1) is 0 Å². The number of nitrogens with zero attached hydrogens (tertiary/aromatic N) is 2. The van der Waals surface area contributed by atoms with Crippen LogP contribution in [0.25, 0.3) is 0 Å². The van der Waals surface area contributed by atoms with E-state index in [0.29, 0.717) is 37.4 Å². The van der Waals surface area contributed by atoms with E-state index in [9.17, 15) is 14.0 Å². The van der Waals surface area contributed by atoms with Crippen molar-refractivity contribution in [1.82, 2.24) is 9.47 Å². The molecule has 1 aromatic heterocycles. The first-order valence-electron chi connectivity index (χ1n) is 10.8. The van der Waals surface area contributed by atoms with Crippen LogP contribution in [0, 0.1) is 11.7 Å². The van der Waals surface area contributed by atoms with Crippen molar-refractivity contribution in [3.05, 3.63) is 58.7 Å².